The molecular weight excluding hydrogens is 377 g/mol. The maximum absolute atomic E-state index is 6.17. The van der Waals surface area contributed by atoms with Crippen LogP contribution in [0.25, 0.3) is 0 Å². The molecule has 0 spiro atoms. The second-order valence-electron chi connectivity index (χ2n) is 6.76. The van der Waals surface area contributed by atoms with Crippen LogP contribution in [0, 0.1) is 0 Å². The molecule has 0 aliphatic heterocycles. The summed E-state index contributed by atoms with van der Waals surface area (Å²) in [5.41, 5.74) is 7.24. The molecule has 22 heavy (non-hydrogen) atoms. The molecule has 0 radical (unpaired) electrons. The SMILES string of the molecule is CCC[CH2][Sn]([CH2]CCC)([CH2]CCC)[c]1occc1CCCN. The van der Waals surface area contributed by atoms with Gasteiger partial charge in [0.2, 0.25) is 0 Å². The number of hydrogen-bond acceptors (Lipinski definition) is 2. The van der Waals surface area contributed by atoms with Gasteiger partial charge in [-0.05, 0) is 0 Å². The van der Waals surface area contributed by atoms with Crippen molar-refractivity contribution < 1.29 is 4.42 Å². The maximum atomic E-state index is 6.17. The van der Waals surface area contributed by atoms with Gasteiger partial charge in [0.1, 0.15) is 0 Å². The van der Waals surface area contributed by atoms with Crippen molar-refractivity contribution in [2.45, 2.75) is 85.4 Å². The fourth-order valence-electron chi connectivity index (χ4n) is 3.55. The number of unbranched alkanes of at least 4 members (excludes halogenated alkanes) is 3. The monoisotopic (exact) mass is 415 g/mol. The molecule has 0 saturated carbocycles. The number of rotatable bonds is 13. The molecule has 0 aliphatic carbocycles. The van der Waals surface area contributed by atoms with Gasteiger partial charge in [0, 0.05) is 0 Å². The molecule has 1 aromatic rings. The summed E-state index contributed by atoms with van der Waals surface area (Å²) in [6.45, 7) is 7.77. The molecule has 0 atom stereocenters. The first-order valence-electron chi connectivity index (χ1n) is 9.51. The third kappa shape index (κ3) is 5.92. The number of hydrogen-bond donors (Lipinski definition) is 1. The summed E-state index contributed by atoms with van der Waals surface area (Å²) in [5, 5.41) is 0. The Morgan fingerprint density at radius 3 is 1.91 bits per heavy atom. The Hall–Kier alpha value is 0.0387. The van der Waals surface area contributed by atoms with Gasteiger partial charge < -0.3 is 0 Å². The van der Waals surface area contributed by atoms with E-state index in [4.69, 9.17) is 10.2 Å². The molecule has 0 aromatic carbocycles. The molecule has 1 rings (SSSR count). The Morgan fingerprint density at radius 1 is 0.909 bits per heavy atom. The van der Waals surface area contributed by atoms with Crippen LogP contribution in [-0.2, 0) is 6.42 Å². The molecule has 0 unspecified atom stereocenters. The van der Waals surface area contributed by atoms with E-state index in [1.165, 1.54) is 61.2 Å². The Balaban J connectivity index is 3.05. The van der Waals surface area contributed by atoms with Crippen molar-refractivity contribution in [2.75, 3.05) is 6.54 Å². The van der Waals surface area contributed by atoms with Crippen LogP contribution in [0.1, 0.15) is 71.3 Å². The molecule has 0 amide bonds. The van der Waals surface area contributed by atoms with E-state index in [9.17, 15) is 0 Å². The van der Waals surface area contributed by atoms with Crippen molar-refractivity contribution in [1.29, 1.82) is 0 Å². The molecule has 3 heteroatoms. The predicted octanol–water partition coefficient (Wildman–Crippen LogP) is 5.23. The van der Waals surface area contributed by atoms with Crippen molar-refractivity contribution >= 4 is 22.2 Å². The van der Waals surface area contributed by atoms with Crippen molar-refractivity contribution in [3.63, 3.8) is 0 Å². The number of nitrogens with two attached hydrogens (primary N) is 1. The Bertz CT molecular complexity index is 367. The van der Waals surface area contributed by atoms with Crippen LogP contribution in [0.3, 0.4) is 0 Å². The summed E-state index contributed by atoms with van der Waals surface area (Å²) in [7, 11) is 0. The normalized spacial score (nSPS) is 12.0. The van der Waals surface area contributed by atoms with E-state index in [1.54, 1.807) is 0 Å². The fraction of sp³-hybridized carbons (Fsp3) is 0.789. The van der Waals surface area contributed by atoms with Gasteiger partial charge in [-0.2, -0.15) is 0 Å². The predicted molar refractivity (Wildman–Crippen MR) is 101 cm³/mol. The van der Waals surface area contributed by atoms with E-state index in [-0.39, 0.29) is 0 Å². The van der Waals surface area contributed by atoms with Gasteiger partial charge in [-0.25, -0.2) is 0 Å². The molecule has 1 aromatic heterocycles. The van der Waals surface area contributed by atoms with Crippen LogP contribution < -0.4 is 9.51 Å². The van der Waals surface area contributed by atoms with Gasteiger partial charge in [-0.15, -0.1) is 0 Å². The number of aryl methyl sites for hydroxylation is 1. The van der Waals surface area contributed by atoms with Crippen molar-refractivity contribution in [3.8, 4) is 0 Å². The first-order valence-corrected chi connectivity index (χ1v) is 17.0. The zero-order chi connectivity index (χ0) is 16.3. The molecule has 128 valence electrons. The van der Waals surface area contributed by atoms with Crippen LogP contribution in [-0.4, -0.2) is 24.9 Å². The van der Waals surface area contributed by atoms with Crippen LogP contribution in [0.4, 0.5) is 0 Å². The average molecular weight is 414 g/mol. The quantitative estimate of drug-likeness (QED) is 0.449. The molecule has 2 N–H and O–H groups in total. The summed E-state index contributed by atoms with van der Waals surface area (Å²) in [6.07, 6.45) is 12.3. The zero-order valence-electron chi connectivity index (χ0n) is 15.1. The van der Waals surface area contributed by atoms with Crippen LogP contribution in [0.15, 0.2) is 16.7 Å². The standard InChI is InChI=1S/C7H10NO.3C4H9.Sn/c8-4-1-2-7-3-5-9-6-7;3*1-3-4-2;/h3,5H,1-2,4,8H2;3*1,3-4H2,2H3;. The summed E-state index contributed by atoms with van der Waals surface area (Å²) in [4.78, 5) is 0. The van der Waals surface area contributed by atoms with Crippen LogP contribution >= 0.6 is 0 Å². The topological polar surface area (TPSA) is 39.2 Å². The van der Waals surface area contributed by atoms with Crippen molar-refractivity contribution in [3.05, 3.63) is 17.9 Å². The summed E-state index contributed by atoms with van der Waals surface area (Å²) < 4.78 is 12.1. The van der Waals surface area contributed by atoms with Crippen LogP contribution in [0.2, 0.25) is 13.3 Å². The second-order valence-corrected chi connectivity index (χ2v) is 19.6. The minimum absolute atomic E-state index is 0.784. The summed E-state index contributed by atoms with van der Waals surface area (Å²) in [6, 6.07) is 2.24. The zero-order valence-corrected chi connectivity index (χ0v) is 18.0. The molecule has 0 fully saturated rings. The molecule has 2 nitrogen and oxygen atoms in total. The van der Waals surface area contributed by atoms with E-state index >= 15 is 0 Å². The summed E-state index contributed by atoms with van der Waals surface area (Å²) >= 11 is -2.38. The Labute approximate surface area is 142 Å². The van der Waals surface area contributed by atoms with Gasteiger partial charge in [-0.3, -0.25) is 0 Å². The Morgan fingerprint density at radius 2 is 1.45 bits per heavy atom. The third-order valence-corrected chi connectivity index (χ3v) is 20.1. The van der Waals surface area contributed by atoms with Gasteiger partial charge in [0.25, 0.3) is 0 Å². The molecule has 0 saturated heterocycles. The van der Waals surface area contributed by atoms with Crippen molar-refractivity contribution in [2.24, 2.45) is 5.73 Å². The van der Waals surface area contributed by atoms with E-state index < -0.39 is 18.4 Å². The van der Waals surface area contributed by atoms with Gasteiger partial charge >= 0.3 is 142 Å². The summed E-state index contributed by atoms with van der Waals surface area (Å²) in [5.74, 6) is 0. The van der Waals surface area contributed by atoms with Crippen LogP contribution in [0.5, 0.6) is 0 Å². The Kier molecular flexibility index (Phi) is 10.5. The minimum atomic E-state index is -2.38. The average Bonchev–Trinajstić information content (AvgIpc) is 3.01. The third-order valence-electron chi connectivity index (χ3n) is 4.91. The second kappa shape index (κ2) is 11.6. The van der Waals surface area contributed by atoms with E-state index in [1.807, 2.05) is 6.26 Å². The number of furan rings is 1. The van der Waals surface area contributed by atoms with Gasteiger partial charge in [0.15, 0.2) is 0 Å². The van der Waals surface area contributed by atoms with E-state index in [0.29, 0.717) is 0 Å². The molecule has 1 heterocycles. The fourth-order valence-corrected chi connectivity index (χ4v) is 19.9. The first kappa shape index (κ1) is 20.1. The van der Waals surface area contributed by atoms with Gasteiger partial charge in [-0.1, -0.05) is 0 Å². The molecule has 0 aliphatic rings. The van der Waals surface area contributed by atoms with Crippen molar-refractivity contribution in [1.82, 2.24) is 0 Å². The van der Waals surface area contributed by atoms with E-state index in [0.717, 1.165) is 19.4 Å². The molecule has 0 bridgehead atoms. The first-order chi connectivity index (χ1) is 10.7. The molecular formula is C19H37NOSn. The van der Waals surface area contributed by atoms with E-state index in [2.05, 4.69) is 26.8 Å². The van der Waals surface area contributed by atoms with Gasteiger partial charge in [0.05, 0.1) is 0 Å².